The molecule has 0 nitrogen and oxygen atoms in total. The van der Waals surface area contributed by atoms with Crippen LogP contribution in [-0.2, 0) is 6.18 Å². The summed E-state index contributed by atoms with van der Waals surface area (Å²) in [6.07, 6.45) is -4.26. The van der Waals surface area contributed by atoms with Crippen LogP contribution in [0.15, 0.2) is 54.6 Å². The Labute approximate surface area is 104 Å². The Bertz CT molecular complexity index is 492. The molecular formula is C13H9F3Se. The summed E-state index contributed by atoms with van der Waals surface area (Å²) in [5.41, 5.74) is -0.576. The predicted molar refractivity (Wildman–Crippen MR) is 62.9 cm³/mol. The minimum absolute atomic E-state index is 0.0808. The Morgan fingerprint density at radius 3 is 2.06 bits per heavy atom. The number of benzene rings is 2. The molecule has 2 rings (SSSR count). The van der Waals surface area contributed by atoms with Crippen LogP contribution in [0.25, 0.3) is 0 Å². The molecule has 88 valence electrons. The van der Waals surface area contributed by atoms with Gasteiger partial charge in [-0.05, 0) is 0 Å². The van der Waals surface area contributed by atoms with E-state index in [-0.39, 0.29) is 15.0 Å². The molecule has 4 heteroatoms. The van der Waals surface area contributed by atoms with Crippen molar-refractivity contribution in [3.8, 4) is 0 Å². The van der Waals surface area contributed by atoms with Crippen molar-refractivity contribution in [2.45, 2.75) is 6.18 Å². The van der Waals surface area contributed by atoms with E-state index >= 15 is 0 Å². The second-order valence-corrected chi connectivity index (χ2v) is 5.85. The molecule has 0 aromatic heterocycles. The Morgan fingerprint density at radius 1 is 0.765 bits per heavy atom. The van der Waals surface area contributed by atoms with Crippen molar-refractivity contribution < 1.29 is 13.2 Å². The second-order valence-electron chi connectivity index (χ2n) is 3.44. The topological polar surface area (TPSA) is 0 Å². The van der Waals surface area contributed by atoms with E-state index in [2.05, 4.69) is 0 Å². The van der Waals surface area contributed by atoms with Gasteiger partial charge in [0.05, 0.1) is 0 Å². The van der Waals surface area contributed by atoms with Gasteiger partial charge >= 0.3 is 103 Å². The summed E-state index contributed by atoms with van der Waals surface area (Å²) in [6, 6.07) is 15.1. The number of hydrogen-bond donors (Lipinski definition) is 0. The SMILES string of the molecule is FC(F)(F)c1cccc([Se]c2ccccc2)c1. The maximum atomic E-state index is 12.5. The number of halogens is 3. The number of rotatable bonds is 2. The van der Waals surface area contributed by atoms with Crippen LogP contribution in [0.1, 0.15) is 5.56 Å². The van der Waals surface area contributed by atoms with Gasteiger partial charge in [0.15, 0.2) is 0 Å². The van der Waals surface area contributed by atoms with Gasteiger partial charge in [0.2, 0.25) is 0 Å². The molecule has 0 aliphatic carbocycles. The normalized spacial score (nSPS) is 11.5. The molecule has 0 radical (unpaired) electrons. The average Bonchev–Trinajstić information content (AvgIpc) is 2.29. The van der Waals surface area contributed by atoms with E-state index in [9.17, 15) is 13.2 Å². The van der Waals surface area contributed by atoms with Crippen molar-refractivity contribution >= 4 is 23.9 Å². The zero-order chi connectivity index (χ0) is 12.3. The first-order valence-corrected chi connectivity index (χ1v) is 6.67. The van der Waals surface area contributed by atoms with Gasteiger partial charge in [-0.1, -0.05) is 0 Å². The molecule has 0 heterocycles. The Balaban J connectivity index is 2.23. The standard InChI is InChI=1S/C13H9F3Se/c14-13(15,16)10-5-4-8-12(9-10)17-11-6-2-1-3-7-11/h1-9H. The molecule has 0 saturated heterocycles. The van der Waals surface area contributed by atoms with Crippen LogP contribution in [0, 0.1) is 0 Å². The Morgan fingerprint density at radius 2 is 1.41 bits per heavy atom. The zero-order valence-electron chi connectivity index (χ0n) is 8.74. The van der Waals surface area contributed by atoms with Crippen LogP contribution >= 0.6 is 0 Å². The van der Waals surface area contributed by atoms with Gasteiger partial charge in [0.25, 0.3) is 0 Å². The van der Waals surface area contributed by atoms with Gasteiger partial charge in [-0.25, -0.2) is 0 Å². The molecule has 17 heavy (non-hydrogen) atoms. The van der Waals surface area contributed by atoms with Gasteiger partial charge < -0.3 is 0 Å². The summed E-state index contributed by atoms with van der Waals surface area (Å²) in [4.78, 5) is 0. The quantitative estimate of drug-likeness (QED) is 0.747. The third-order valence-electron chi connectivity index (χ3n) is 2.14. The molecule has 0 spiro atoms. The molecule has 0 aliphatic rings. The Kier molecular flexibility index (Phi) is 3.55. The third-order valence-corrected chi connectivity index (χ3v) is 4.23. The van der Waals surface area contributed by atoms with Crippen molar-refractivity contribution in [2.24, 2.45) is 0 Å². The van der Waals surface area contributed by atoms with E-state index in [0.29, 0.717) is 0 Å². The fourth-order valence-corrected chi connectivity index (χ4v) is 3.24. The van der Waals surface area contributed by atoms with Gasteiger partial charge in [0, 0.05) is 0 Å². The molecule has 2 aromatic rings. The van der Waals surface area contributed by atoms with Crippen molar-refractivity contribution in [3.05, 3.63) is 60.2 Å². The molecule has 0 bridgehead atoms. The van der Waals surface area contributed by atoms with Crippen LogP contribution in [0.4, 0.5) is 13.2 Å². The van der Waals surface area contributed by atoms with Gasteiger partial charge in [-0.2, -0.15) is 0 Å². The van der Waals surface area contributed by atoms with Crippen molar-refractivity contribution in [3.63, 3.8) is 0 Å². The minimum atomic E-state index is -4.26. The van der Waals surface area contributed by atoms with Crippen molar-refractivity contribution in [1.82, 2.24) is 0 Å². The first-order chi connectivity index (χ1) is 8.05. The molecular weight excluding hydrogens is 292 g/mol. The molecule has 0 atom stereocenters. The van der Waals surface area contributed by atoms with Crippen LogP contribution in [0.2, 0.25) is 0 Å². The third kappa shape index (κ3) is 3.35. The summed E-state index contributed by atoms with van der Waals surface area (Å²) in [7, 11) is 0. The predicted octanol–water partition coefficient (Wildman–Crippen LogP) is 2.36. The van der Waals surface area contributed by atoms with E-state index in [1.165, 1.54) is 12.1 Å². The van der Waals surface area contributed by atoms with Crippen LogP contribution < -0.4 is 8.92 Å². The van der Waals surface area contributed by atoms with E-state index in [4.69, 9.17) is 0 Å². The fraction of sp³-hybridized carbons (Fsp3) is 0.0769. The van der Waals surface area contributed by atoms with Crippen molar-refractivity contribution in [1.29, 1.82) is 0 Å². The first-order valence-electron chi connectivity index (χ1n) is 4.96. The Hall–Kier alpha value is -1.25. The molecule has 0 N–H and O–H groups in total. The number of hydrogen-bond acceptors (Lipinski definition) is 0. The number of alkyl halides is 3. The summed E-state index contributed by atoms with van der Waals surface area (Å²) in [6.45, 7) is 0. The van der Waals surface area contributed by atoms with E-state index in [0.717, 1.165) is 15.0 Å². The molecule has 0 amide bonds. The van der Waals surface area contributed by atoms with E-state index in [1.807, 2.05) is 30.3 Å². The van der Waals surface area contributed by atoms with Gasteiger partial charge in [-0.3, -0.25) is 0 Å². The summed E-state index contributed by atoms with van der Waals surface area (Å²) < 4.78 is 39.3. The van der Waals surface area contributed by atoms with Crippen LogP contribution in [0.5, 0.6) is 0 Å². The maximum absolute atomic E-state index is 12.5. The average molecular weight is 301 g/mol. The van der Waals surface area contributed by atoms with Crippen LogP contribution in [-0.4, -0.2) is 15.0 Å². The summed E-state index contributed by atoms with van der Waals surface area (Å²) in [5.74, 6) is 0. The molecule has 0 saturated carbocycles. The monoisotopic (exact) mass is 302 g/mol. The molecule has 0 fully saturated rings. The van der Waals surface area contributed by atoms with Crippen molar-refractivity contribution in [2.75, 3.05) is 0 Å². The van der Waals surface area contributed by atoms with E-state index in [1.54, 1.807) is 6.07 Å². The van der Waals surface area contributed by atoms with Gasteiger partial charge in [-0.15, -0.1) is 0 Å². The molecule has 0 aliphatic heterocycles. The zero-order valence-corrected chi connectivity index (χ0v) is 10.5. The summed E-state index contributed by atoms with van der Waals surface area (Å²) in [5, 5.41) is 0. The first kappa shape index (κ1) is 12.2. The molecule has 0 unspecified atom stereocenters. The second kappa shape index (κ2) is 4.94. The van der Waals surface area contributed by atoms with Gasteiger partial charge in [0.1, 0.15) is 0 Å². The van der Waals surface area contributed by atoms with E-state index < -0.39 is 11.7 Å². The fourth-order valence-electron chi connectivity index (χ4n) is 1.36. The molecule has 2 aromatic carbocycles. The summed E-state index contributed by atoms with van der Waals surface area (Å²) >= 11 is -0.0808. The van der Waals surface area contributed by atoms with Crippen LogP contribution in [0.3, 0.4) is 0 Å².